The molecule has 0 unspecified atom stereocenters. The molecule has 1 fully saturated rings. The molecular weight excluding hydrogens is 353 g/mol. The van der Waals surface area contributed by atoms with Crippen molar-refractivity contribution in [3.8, 4) is 11.3 Å². The van der Waals surface area contributed by atoms with Crippen LogP contribution in [0.4, 0.5) is 10.2 Å². The van der Waals surface area contributed by atoms with Crippen molar-refractivity contribution in [2.75, 3.05) is 11.9 Å². The molecule has 28 heavy (non-hydrogen) atoms. The van der Waals surface area contributed by atoms with Gasteiger partial charge in [0.05, 0.1) is 17.4 Å². The summed E-state index contributed by atoms with van der Waals surface area (Å²) in [6.45, 7) is 0.771. The molecule has 140 valence electrons. The Morgan fingerprint density at radius 1 is 1.00 bits per heavy atom. The average molecular weight is 373 g/mol. The fourth-order valence-electron chi connectivity index (χ4n) is 3.92. The minimum atomic E-state index is -0.193. The molecule has 0 atom stereocenters. The highest BCUT2D eigenvalue weighted by atomic mass is 19.1. The minimum absolute atomic E-state index is 0.0559. The average Bonchev–Trinajstić information content (AvgIpc) is 3.17. The second kappa shape index (κ2) is 6.71. The fourth-order valence-corrected chi connectivity index (χ4v) is 3.92. The number of fused-ring (bicyclic) bond motifs is 1. The third-order valence-electron chi connectivity index (χ3n) is 5.78. The molecule has 6 heteroatoms. The summed E-state index contributed by atoms with van der Waals surface area (Å²) in [7, 11) is 0. The minimum Gasteiger partial charge on any atom is -0.368 e. The van der Waals surface area contributed by atoms with Gasteiger partial charge in [-0.3, -0.25) is 5.10 Å². The number of aromatic amines is 1. The van der Waals surface area contributed by atoms with E-state index in [2.05, 4.69) is 25.7 Å². The number of benzene rings is 2. The standard InChI is InChI=1S/C22H20FN5/c23-18-5-3-17(4-6-18)22(10-1-11-22)14-24-21-9-8-19(27-28-21)15-2-7-20-16(12-15)13-25-26-20/h2-9,12-13H,1,10-11,14H2,(H,24,28)(H,25,26). The zero-order chi connectivity index (χ0) is 19.0. The predicted molar refractivity (Wildman–Crippen MR) is 108 cm³/mol. The van der Waals surface area contributed by atoms with Crippen molar-refractivity contribution in [3.63, 3.8) is 0 Å². The van der Waals surface area contributed by atoms with Crippen LogP contribution in [0.1, 0.15) is 24.8 Å². The number of aromatic nitrogens is 4. The molecule has 0 radical (unpaired) electrons. The summed E-state index contributed by atoms with van der Waals surface area (Å²) in [5.41, 5.74) is 4.08. The molecule has 0 amide bonds. The molecule has 2 aromatic heterocycles. The Morgan fingerprint density at radius 3 is 2.57 bits per heavy atom. The van der Waals surface area contributed by atoms with E-state index >= 15 is 0 Å². The van der Waals surface area contributed by atoms with E-state index in [1.165, 1.54) is 12.0 Å². The molecular formula is C22H20FN5. The van der Waals surface area contributed by atoms with Crippen molar-refractivity contribution in [1.29, 1.82) is 0 Å². The zero-order valence-electron chi connectivity index (χ0n) is 15.3. The highest BCUT2D eigenvalue weighted by Crippen LogP contribution is 2.43. The van der Waals surface area contributed by atoms with Crippen LogP contribution < -0.4 is 5.32 Å². The van der Waals surface area contributed by atoms with Crippen LogP contribution in [0.25, 0.3) is 22.2 Å². The molecule has 0 spiro atoms. The lowest BCUT2D eigenvalue weighted by Crippen LogP contribution is -2.41. The van der Waals surface area contributed by atoms with Crippen LogP contribution in [0.15, 0.2) is 60.8 Å². The van der Waals surface area contributed by atoms with Gasteiger partial charge in [-0.25, -0.2) is 4.39 Å². The number of H-pyrrole nitrogens is 1. The van der Waals surface area contributed by atoms with Gasteiger partial charge in [-0.05, 0) is 54.8 Å². The molecule has 0 aliphatic heterocycles. The molecule has 1 aliphatic carbocycles. The molecule has 4 aromatic rings. The Balaban J connectivity index is 1.31. The quantitative estimate of drug-likeness (QED) is 0.532. The molecule has 0 saturated heterocycles. The van der Waals surface area contributed by atoms with E-state index in [-0.39, 0.29) is 11.2 Å². The second-order valence-corrected chi connectivity index (χ2v) is 7.47. The van der Waals surface area contributed by atoms with E-state index in [1.807, 2.05) is 42.5 Å². The van der Waals surface area contributed by atoms with Gasteiger partial charge in [0.25, 0.3) is 0 Å². The molecule has 2 heterocycles. The van der Waals surface area contributed by atoms with Gasteiger partial charge in [-0.2, -0.15) is 5.10 Å². The van der Waals surface area contributed by atoms with Crippen LogP contribution in [-0.2, 0) is 5.41 Å². The maximum atomic E-state index is 13.3. The Labute approximate surface area is 162 Å². The summed E-state index contributed by atoms with van der Waals surface area (Å²) in [5, 5.41) is 20.2. The highest BCUT2D eigenvalue weighted by Gasteiger charge is 2.38. The van der Waals surface area contributed by atoms with Crippen molar-refractivity contribution in [1.82, 2.24) is 20.4 Å². The predicted octanol–water partition coefficient (Wildman–Crippen LogP) is 4.69. The van der Waals surface area contributed by atoms with Crippen molar-refractivity contribution in [2.24, 2.45) is 0 Å². The summed E-state index contributed by atoms with van der Waals surface area (Å²) >= 11 is 0. The number of nitrogens with one attached hydrogen (secondary N) is 2. The lowest BCUT2D eigenvalue weighted by Gasteiger charge is -2.42. The number of halogens is 1. The van der Waals surface area contributed by atoms with Crippen LogP contribution in [0, 0.1) is 5.82 Å². The number of rotatable bonds is 5. The maximum Gasteiger partial charge on any atom is 0.148 e. The molecule has 0 bridgehead atoms. The normalized spacial score (nSPS) is 15.3. The van der Waals surface area contributed by atoms with Crippen LogP contribution >= 0.6 is 0 Å². The Hall–Kier alpha value is -3.28. The monoisotopic (exact) mass is 373 g/mol. The first-order chi connectivity index (χ1) is 13.7. The topological polar surface area (TPSA) is 66.5 Å². The van der Waals surface area contributed by atoms with Gasteiger partial charge >= 0.3 is 0 Å². The van der Waals surface area contributed by atoms with Gasteiger partial charge < -0.3 is 5.32 Å². The summed E-state index contributed by atoms with van der Waals surface area (Å²) in [6, 6.07) is 16.9. The molecule has 1 saturated carbocycles. The zero-order valence-corrected chi connectivity index (χ0v) is 15.3. The summed E-state index contributed by atoms with van der Waals surface area (Å²) < 4.78 is 13.3. The van der Waals surface area contributed by atoms with Crippen LogP contribution in [-0.4, -0.2) is 26.9 Å². The Kier molecular flexibility index (Phi) is 4.04. The van der Waals surface area contributed by atoms with E-state index in [4.69, 9.17) is 0 Å². The first kappa shape index (κ1) is 16.9. The summed E-state index contributed by atoms with van der Waals surface area (Å²) in [5.74, 6) is 0.558. The van der Waals surface area contributed by atoms with Gasteiger partial charge in [0, 0.05) is 22.9 Å². The molecule has 5 rings (SSSR count). The third-order valence-corrected chi connectivity index (χ3v) is 5.78. The van der Waals surface area contributed by atoms with Gasteiger partial charge in [0.1, 0.15) is 11.6 Å². The van der Waals surface area contributed by atoms with E-state index < -0.39 is 0 Å². The van der Waals surface area contributed by atoms with Crippen LogP contribution in [0.2, 0.25) is 0 Å². The number of hydrogen-bond donors (Lipinski definition) is 2. The molecule has 5 nitrogen and oxygen atoms in total. The lowest BCUT2D eigenvalue weighted by atomic mass is 9.64. The van der Waals surface area contributed by atoms with Crippen molar-refractivity contribution in [3.05, 3.63) is 72.2 Å². The van der Waals surface area contributed by atoms with Crippen LogP contribution in [0.5, 0.6) is 0 Å². The van der Waals surface area contributed by atoms with Crippen molar-refractivity contribution in [2.45, 2.75) is 24.7 Å². The fraction of sp³-hybridized carbons (Fsp3) is 0.227. The van der Waals surface area contributed by atoms with Gasteiger partial charge in [0.15, 0.2) is 0 Å². The Bertz CT molecular complexity index is 1100. The number of anilines is 1. The smallest absolute Gasteiger partial charge is 0.148 e. The van der Waals surface area contributed by atoms with Gasteiger partial charge in [-0.1, -0.05) is 24.6 Å². The summed E-state index contributed by atoms with van der Waals surface area (Å²) in [4.78, 5) is 0. The van der Waals surface area contributed by atoms with Crippen molar-refractivity contribution < 1.29 is 4.39 Å². The second-order valence-electron chi connectivity index (χ2n) is 7.47. The van der Waals surface area contributed by atoms with E-state index in [0.29, 0.717) is 0 Å². The van der Waals surface area contributed by atoms with Gasteiger partial charge in [-0.15, -0.1) is 10.2 Å². The number of nitrogens with zero attached hydrogens (tertiary/aromatic N) is 3. The molecule has 2 N–H and O–H groups in total. The SMILES string of the molecule is Fc1ccc(C2(CNc3ccc(-c4ccc5[nH]ncc5c4)nn3)CCC2)cc1. The first-order valence-corrected chi connectivity index (χ1v) is 9.49. The highest BCUT2D eigenvalue weighted by molar-refractivity contribution is 5.83. The molecule has 1 aliphatic rings. The number of hydrogen-bond acceptors (Lipinski definition) is 4. The van der Waals surface area contributed by atoms with Gasteiger partial charge in [0.2, 0.25) is 0 Å². The van der Waals surface area contributed by atoms with E-state index in [0.717, 1.165) is 47.4 Å². The van der Waals surface area contributed by atoms with E-state index in [1.54, 1.807) is 18.3 Å². The largest absolute Gasteiger partial charge is 0.368 e. The summed E-state index contributed by atoms with van der Waals surface area (Å²) in [6.07, 6.45) is 5.19. The van der Waals surface area contributed by atoms with Crippen LogP contribution in [0.3, 0.4) is 0 Å². The van der Waals surface area contributed by atoms with E-state index in [9.17, 15) is 4.39 Å². The van der Waals surface area contributed by atoms with Crippen molar-refractivity contribution >= 4 is 16.7 Å². The Morgan fingerprint density at radius 2 is 1.86 bits per heavy atom. The maximum absolute atomic E-state index is 13.3. The molecule has 2 aromatic carbocycles. The lowest BCUT2D eigenvalue weighted by molar-refractivity contribution is 0.260. The third kappa shape index (κ3) is 3.01. The first-order valence-electron chi connectivity index (χ1n) is 9.49.